The number of carbonyl (C=O) groups excluding carboxylic acids is 1. The first-order valence-corrected chi connectivity index (χ1v) is 6.40. The molecule has 2 N–H and O–H groups in total. The number of benzene rings is 1. The van der Waals surface area contributed by atoms with Gasteiger partial charge in [-0.1, -0.05) is 43.6 Å². The van der Waals surface area contributed by atoms with Crippen LogP contribution in [0.15, 0.2) is 24.3 Å². The fourth-order valence-electron chi connectivity index (χ4n) is 1.80. The number of hydrogen-bond donors (Lipinski definition) is 2. The van der Waals surface area contributed by atoms with Crippen LogP contribution in [-0.2, 0) is 16.1 Å². The zero-order valence-electron chi connectivity index (χ0n) is 11.1. The molecule has 0 atom stereocenters. The topological polar surface area (TPSA) is 66.4 Å². The normalized spacial score (nSPS) is 11.1. The summed E-state index contributed by atoms with van der Waals surface area (Å²) in [6, 6.07) is 7.27. The molecule has 0 saturated heterocycles. The largest absolute Gasteiger partial charge is 0.481 e. The maximum absolute atomic E-state index is 11.8. The minimum absolute atomic E-state index is 0.0352. The van der Waals surface area contributed by atoms with Crippen LogP contribution in [0.5, 0.6) is 0 Å². The van der Waals surface area contributed by atoms with Gasteiger partial charge >= 0.3 is 5.97 Å². The van der Waals surface area contributed by atoms with Crippen molar-refractivity contribution >= 4 is 23.5 Å². The first-order chi connectivity index (χ1) is 8.80. The summed E-state index contributed by atoms with van der Waals surface area (Å²) in [7, 11) is 0. The van der Waals surface area contributed by atoms with Crippen LogP contribution in [0.3, 0.4) is 0 Å². The molecule has 0 heterocycles. The Hall–Kier alpha value is -1.55. The fraction of sp³-hybridized carbons (Fsp3) is 0.429. The summed E-state index contributed by atoms with van der Waals surface area (Å²) in [6.07, 6.45) is 0.135. The second-order valence-electron chi connectivity index (χ2n) is 5.28. The Morgan fingerprint density at radius 2 is 1.89 bits per heavy atom. The van der Waals surface area contributed by atoms with Gasteiger partial charge in [0.2, 0.25) is 5.91 Å². The molecule has 5 heteroatoms. The van der Waals surface area contributed by atoms with E-state index in [1.54, 1.807) is 19.9 Å². The number of amides is 1. The van der Waals surface area contributed by atoms with Crippen molar-refractivity contribution in [1.29, 1.82) is 0 Å². The Morgan fingerprint density at radius 3 is 2.47 bits per heavy atom. The Kier molecular flexibility index (Phi) is 5.36. The number of carbonyl (C=O) groups is 2. The maximum atomic E-state index is 11.8. The first-order valence-electron chi connectivity index (χ1n) is 6.02. The van der Waals surface area contributed by atoms with Crippen molar-refractivity contribution in [2.24, 2.45) is 5.41 Å². The van der Waals surface area contributed by atoms with E-state index in [2.05, 4.69) is 5.32 Å². The van der Waals surface area contributed by atoms with Gasteiger partial charge in [-0.05, 0) is 17.0 Å². The monoisotopic (exact) mass is 283 g/mol. The molecule has 0 bridgehead atoms. The second-order valence-corrected chi connectivity index (χ2v) is 5.69. The molecule has 0 aliphatic heterocycles. The molecule has 1 amide bonds. The zero-order valence-corrected chi connectivity index (χ0v) is 11.8. The maximum Gasteiger partial charge on any atom is 0.303 e. The van der Waals surface area contributed by atoms with Gasteiger partial charge in [0.05, 0.1) is 6.42 Å². The van der Waals surface area contributed by atoms with Gasteiger partial charge in [0, 0.05) is 18.0 Å². The van der Waals surface area contributed by atoms with Gasteiger partial charge < -0.3 is 10.4 Å². The number of aliphatic carboxylic acids is 1. The molecule has 0 fully saturated rings. The fourth-order valence-corrected chi connectivity index (χ4v) is 2.01. The van der Waals surface area contributed by atoms with Gasteiger partial charge in [0.1, 0.15) is 0 Å². The SMILES string of the molecule is CC(C)(CC(=O)O)CC(=O)NCc1ccccc1Cl. The molecule has 4 nitrogen and oxygen atoms in total. The number of rotatable bonds is 6. The minimum atomic E-state index is -0.899. The minimum Gasteiger partial charge on any atom is -0.481 e. The number of hydrogen-bond acceptors (Lipinski definition) is 2. The van der Waals surface area contributed by atoms with E-state index in [0.717, 1.165) is 5.56 Å². The summed E-state index contributed by atoms with van der Waals surface area (Å²) in [4.78, 5) is 22.4. The van der Waals surface area contributed by atoms with Crippen molar-refractivity contribution in [1.82, 2.24) is 5.32 Å². The van der Waals surface area contributed by atoms with E-state index in [9.17, 15) is 9.59 Å². The quantitative estimate of drug-likeness (QED) is 0.844. The van der Waals surface area contributed by atoms with Gasteiger partial charge in [-0.2, -0.15) is 0 Å². The van der Waals surface area contributed by atoms with Crippen molar-refractivity contribution in [3.8, 4) is 0 Å². The van der Waals surface area contributed by atoms with Crippen molar-refractivity contribution in [2.45, 2.75) is 33.2 Å². The van der Waals surface area contributed by atoms with Crippen LogP contribution in [0, 0.1) is 5.41 Å². The highest BCUT2D eigenvalue weighted by Gasteiger charge is 2.25. The highest BCUT2D eigenvalue weighted by atomic mass is 35.5. The van der Waals surface area contributed by atoms with Crippen LogP contribution in [0.1, 0.15) is 32.3 Å². The van der Waals surface area contributed by atoms with Crippen LogP contribution in [0.4, 0.5) is 0 Å². The predicted octanol–water partition coefficient (Wildman–Crippen LogP) is 2.85. The number of halogens is 1. The molecule has 104 valence electrons. The number of carboxylic acid groups (broad SMARTS) is 1. The van der Waals surface area contributed by atoms with Crippen LogP contribution in [0.2, 0.25) is 5.02 Å². The van der Waals surface area contributed by atoms with Crippen molar-refractivity contribution < 1.29 is 14.7 Å². The molecule has 1 aromatic carbocycles. The molecule has 0 spiro atoms. The summed E-state index contributed by atoms with van der Waals surface area (Å²) < 4.78 is 0. The summed E-state index contributed by atoms with van der Waals surface area (Å²) in [5, 5.41) is 12.1. The van der Waals surface area contributed by atoms with E-state index in [1.807, 2.05) is 18.2 Å². The van der Waals surface area contributed by atoms with Crippen molar-refractivity contribution in [3.63, 3.8) is 0 Å². The Bertz CT molecular complexity index is 472. The molecule has 1 rings (SSSR count). The zero-order chi connectivity index (χ0) is 14.5. The lowest BCUT2D eigenvalue weighted by atomic mass is 9.85. The number of carboxylic acids is 1. The molecule has 0 aliphatic rings. The lowest BCUT2D eigenvalue weighted by Gasteiger charge is -2.21. The Morgan fingerprint density at radius 1 is 1.26 bits per heavy atom. The highest BCUT2D eigenvalue weighted by molar-refractivity contribution is 6.31. The first kappa shape index (κ1) is 15.5. The van der Waals surface area contributed by atoms with Crippen LogP contribution in [-0.4, -0.2) is 17.0 Å². The molecule has 19 heavy (non-hydrogen) atoms. The summed E-state index contributed by atoms with van der Waals surface area (Å²) >= 11 is 5.98. The van der Waals surface area contributed by atoms with E-state index in [-0.39, 0.29) is 18.7 Å². The summed E-state index contributed by atoms with van der Waals surface area (Å²) in [5.41, 5.74) is 0.282. The standard InChI is InChI=1S/C14H18ClNO3/c1-14(2,8-13(18)19)7-12(17)16-9-10-5-3-4-6-11(10)15/h3-6H,7-9H2,1-2H3,(H,16,17)(H,18,19). The van der Waals surface area contributed by atoms with E-state index in [4.69, 9.17) is 16.7 Å². The third-order valence-electron chi connectivity index (χ3n) is 2.70. The van der Waals surface area contributed by atoms with Gasteiger partial charge in [0.15, 0.2) is 0 Å². The predicted molar refractivity (Wildman–Crippen MR) is 73.9 cm³/mol. The number of nitrogens with one attached hydrogen (secondary N) is 1. The average molecular weight is 284 g/mol. The van der Waals surface area contributed by atoms with E-state index >= 15 is 0 Å². The van der Waals surface area contributed by atoms with Gasteiger partial charge in [-0.3, -0.25) is 9.59 Å². The Labute approximate surface area is 117 Å². The third-order valence-corrected chi connectivity index (χ3v) is 3.07. The van der Waals surface area contributed by atoms with E-state index in [0.29, 0.717) is 11.6 Å². The average Bonchev–Trinajstić information content (AvgIpc) is 2.25. The van der Waals surface area contributed by atoms with Crippen LogP contribution < -0.4 is 5.32 Å². The molecule has 1 aromatic rings. The summed E-state index contributed by atoms with van der Waals surface area (Å²) in [5.74, 6) is -1.07. The van der Waals surface area contributed by atoms with E-state index < -0.39 is 11.4 Å². The van der Waals surface area contributed by atoms with Gasteiger partial charge in [0.25, 0.3) is 0 Å². The molecular formula is C14H18ClNO3. The molecule has 0 radical (unpaired) electrons. The van der Waals surface area contributed by atoms with Crippen LogP contribution in [0.25, 0.3) is 0 Å². The van der Waals surface area contributed by atoms with E-state index in [1.165, 1.54) is 0 Å². The second kappa shape index (κ2) is 6.57. The Balaban J connectivity index is 2.48. The highest BCUT2D eigenvalue weighted by Crippen LogP contribution is 2.24. The van der Waals surface area contributed by atoms with Crippen LogP contribution >= 0.6 is 11.6 Å². The smallest absolute Gasteiger partial charge is 0.303 e. The lowest BCUT2D eigenvalue weighted by molar-refractivity contribution is -0.139. The van der Waals surface area contributed by atoms with Gasteiger partial charge in [-0.15, -0.1) is 0 Å². The third kappa shape index (κ3) is 5.75. The molecule has 0 aliphatic carbocycles. The lowest BCUT2D eigenvalue weighted by Crippen LogP contribution is -2.29. The molecule has 0 aromatic heterocycles. The molecule has 0 saturated carbocycles. The molecule has 0 unspecified atom stereocenters. The van der Waals surface area contributed by atoms with Crippen molar-refractivity contribution in [2.75, 3.05) is 0 Å². The molecular weight excluding hydrogens is 266 g/mol. The van der Waals surface area contributed by atoms with Crippen molar-refractivity contribution in [3.05, 3.63) is 34.9 Å². The summed E-state index contributed by atoms with van der Waals surface area (Å²) in [6.45, 7) is 3.87. The van der Waals surface area contributed by atoms with Gasteiger partial charge in [-0.25, -0.2) is 0 Å².